The Labute approximate surface area is 194 Å². The Hall–Kier alpha value is -3.55. The standard InChI is InChI=1S/C25H30N6O2/c1-17-15-18(2)31(29-17)14-8-12-23(32)30-13-7-11-22(30)24-26-16-21(19(3)27-24)25(33)28-20-9-5-4-6-10-20/h4-6,9-10,15-16,22H,7-8,11-14H2,1-3H3,(H,28,33)/t22-/m1/s1. The van der Waals surface area contributed by atoms with E-state index in [2.05, 4.69) is 20.4 Å². The highest BCUT2D eigenvalue weighted by Crippen LogP contribution is 2.31. The van der Waals surface area contributed by atoms with E-state index in [-0.39, 0.29) is 17.9 Å². The van der Waals surface area contributed by atoms with Crippen LogP contribution < -0.4 is 5.32 Å². The van der Waals surface area contributed by atoms with E-state index in [4.69, 9.17) is 0 Å². The number of aryl methyl sites for hydroxylation is 4. The van der Waals surface area contributed by atoms with Gasteiger partial charge in [-0.25, -0.2) is 9.97 Å². The molecule has 1 atom stereocenters. The molecule has 1 aromatic carbocycles. The van der Waals surface area contributed by atoms with E-state index < -0.39 is 0 Å². The highest BCUT2D eigenvalue weighted by atomic mass is 16.2. The normalized spacial score (nSPS) is 15.6. The van der Waals surface area contributed by atoms with Crippen LogP contribution >= 0.6 is 0 Å². The first-order valence-corrected chi connectivity index (χ1v) is 11.4. The van der Waals surface area contributed by atoms with Crippen LogP contribution in [-0.4, -0.2) is 43.0 Å². The van der Waals surface area contributed by atoms with Gasteiger partial charge < -0.3 is 10.2 Å². The molecular weight excluding hydrogens is 416 g/mol. The Kier molecular flexibility index (Phi) is 6.82. The number of aromatic nitrogens is 4. The second-order valence-corrected chi connectivity index (χ2v) is 8.55. The highest BCUT2D eigenvalue weighted by Gasteiger charge is 2.32. The van der Waals surface area contributed by atoms with Gasteiger partial charge in [0, 0.05) is 37.1 Å². The summed E-state index contributed by atoms with van der Waals surface area (Å²) in [5, 5.41) is 7.33. The molecule has 8 nitrogen and oxygen atoms in total. The number of likely N-dealkylation sites (tertiary alicyclic amines) is 1. The predicted molar refractivity (Wildman–Crippen MR) is 126 cm³/mol. The molecule has 172 valence electrons. The number of carbonyl (C=O) groups is 2. The van der Waals surface area contributed by atoms with Crippen LogP contribution in [0.1, 0.15) is 65.0 Å². The first-order valence-electron chi connectivity index (χ1n) is 11.4. The molecule has 33 heavy (non-hydrogen) atoms. The van der Waals surface area contributed by atoms with Crippen molar-refractivity contribution in [3.8, 4) is 0 Å². The fraction of sp³-hybridized carbons (Fsp3) is 0.400. The maximum atomic E-state index is 12.9. The molecule has 1 aliphatic rings. The first kappa shape index (κ1) is 22.6. The van der Waals surface area contributed by atoms with Crippen molar-refractivity contribution in [2.75, 3.05) is 11.9 Å². The number of nitrogens with one attached hydrogen (secondary N) is 1. The Morgan fingerprint density at radius 1 is 1.15 bits per heavy atom. The zero-order chi connectivity index (χ0) is 23.4. The highest BCUT2D eigenvalue weighted by molar-refractivity contribution is 6.04. The lowest BCUT2D eigenvalue weighted by Crippen LogP contribution is -2.31. The van der Waals surface area contributed by atoms with Crippen molar-refractivity contribution in [3.05, 3.63) is 71.1 Å². The third kappa shape index (κ3) is 5.27. The van der Waals surface area contributed by atoms with Crippen LogP contribution in [-0.2, 0) is 11.3 Å². The number of anilines is 1. The number of amides is 2. The number of benzene rings is 1. The minimum Gasteiger partial charge on any atom is -0.332 e. The molecule has 3 heterocycles. The molecule has 1 saturated heterocycles. The molecule has 1 fully saturated rings. The maximum absolute atomic E-state index is 12.9. The SMILES string of the molecule is Cc1cc(C)n(CCCC(=O)N2CCC[C@@H]2c2ncc(C(=O)Nc3ccccc3)c(C)n2)n1. The van der Waals surface area contributed by atoms with Gasteiger partial charge in [0.05, 0.1) is 23.0 Å². The molecule has 0 radical (unpaired) electrons. The molecule has 4 rings (SSSR count). The topological polar surface area (TPSA) is 93.0 Å². The molecule has 8 heteroatoms. The molecule has 0 bridgehead atoms. The van der Waals surface area contributed by atoms with E-state index >= 15 is 0 Å². The van der Waals surface area contributed by atoms with Crippen LogP contribution in [0, 0.1) is 20.8 Å². The third-order valence-electron chi connectivity index (χ3n) is 6.01. The van der Waals surface area contributed by atoms with Gasteiger partial charge >= 0.3 is 0 Å². The van der Waals surface area contributed by atoms with Crippen molar-refractivity contribution >= 4 is 17.5 Å². The fourth-order valence-corrected chi connectivity index (χ4v) is 4.35. The van der Waals surface area contributed by atoms with E-state index in [9.17, 15) is 9.59 Å². The summed E-state index contributed by atoms with van der Waals surface area (Å²) >= 11 is 0. The van der Waals surface area contributed by atoms with Gasteiger partial charge in [-0.15, -0.1) is 0 Å². The summed E-state index contributed by atoms with van der Waals surface area (Å²) in [6.45, 7) is 7.25. The second-order valence-electron chi connectivity index (χ2n) is 8.55. The average Bonchev–Trinajstić information content (AvgIpc) is 3.40. The molecule has 2 aromatic heterocycles. The second kappa shape index (κ2) is 9.94. The maximum Gasteiger partial charge on any atom is 0.259 e. The van der Waals surface area contributed by atoms with Crippen LogP contribution in [0.5, 0.6) is 0 Å². The Bertz CT molecular complexity index is 1140. The van der Waals surface area contributed by atoms with Gasteiger partial charge in [0.2, 0.25) is 5.91 Å². The molecule has 0 saturated carbocycles. The molecule has 0 aliphatic carbocycles. The molecule has 0 unspecified atom stereocenters. The van der Waals surface area contributed by atoms with Crippen molar-refractivity contribution in [2.24, 2.45) is 0 Å². The van der Waals surface area contributed by atoms with Gasteiger partial charge in [0.25, 0.3) is 5.91 Å². The van der Waals surface area contributed by atoms with E-state index in [1.807, 2.05) is 59.8 Å². The zero-order valence-corrected chi connectivity index (χ0v) is 19.4. The minimum atomic E-state index is -0.242. The van der Waals surface area contributed by atoms with E-state index in [1.54, 1.807) is 13.1 Å². The van der Waals surface area contributed by atoms with Gasteiger partial charge in [0.15, 0.2) is 5.82 Å². The summed E-state index contributed by atoms with van der Waals surface area (Å²) in [6, 6.07) is 11.2. The summed E-state index contributed by atoms with van der Waals surface area (Å²) < 4.78 is 1.95. The van der Waals surface area contributed by atoms with Crippen molar-refractivity contribution in [3.63, 3.8) is 0 Å². The minimum absolute atomic E-state index is 0.117. The van der Waals surface area contributed by atoms with Crippen LogP contribution in [0.3, 0.4) is 0 Å². The van der Waals surface area contributed by atoms with Crippen LogP contribution in [0.25, 0.3) is 0 Å². The quantitative estimate of drug-likeness (QED) is 0.592. The third-order valence-corrected chi connectivity index (χ3v) is 6.01. The van der Waals surface area contributed by atoms with Crippen LogP contribution in [0.4, 0.5) is 5.69 Å². The number of para-hydroxylation sites is 1. The van der Waals surface area contributed by atoms with E-state index in [0.29, 0.717) is 30.0 Å². The molecule has 0 spiro atoms. The van der Waals surface area contributed by atoms with Crippen molar-refractivity contribution in [1.82, 2.24) is 24.6 Å². The molecule has 1 N–H and O–H groups in total. The fourth-order valence-electron chi connectivity index (χ4n) is 4.35. The number of hydrogen-bond acceptors (Lipinski definition) is 5. The van der Waals surface area contributed by atoms with Gasteiger partial charge in [-0.05, 0) is 58.2 Å². The molecule has 1 aliphatic heterocycles. The first-order chi connectivity index (χ1) is 15.9. The largest absolute Gasteiger partial charge is 0.332 e. The molecular formula is C25H30N6O2. The Morgan fingerprint density at radius 3 is 2.64 bits per heavy atom. The van der Waals surface area contributed by atoms with Gasteiger partial charge in [0.1, 0.15) is 0 Å². The van der Waals surface area contributed by atoms with Crippen molar-refractivity contribution in [2.45, 2.75) is 59.0 Å². The number of nitrogens with zero attached hydrogens (tertiary/aromatic N) is 5. The van der Waals surface area contributed by atoms with Gasteiger partial charge in [-0.1, -0.05) is 18.2 Å². The lowest BCUT2D eigenvalue weighted by molar-refractivity contribution is -0.132. The summed E-state index contributed by atoms with van der Waals surface area (Å²) in [5.41, 5.74) is 3.87. The monoisotopic (exact) mass is 446 g/mol. The van der Waals surface area contributed by atoms with Gasteiger partial charge in [-0.3, -0.25) is 14.3 Å². The predicted octanol–water partition coefficient (Wildman–Crippen LogP) is 3.99. The summed E-state index contributed by atoms with van der Waals surface area (Å²) in [5.74, 6) is 0.480. The summed E-state index contributed by atoms with van der Waals surface area (Å²) in [4.78, 5) is 36.6. The summed E-state index contributed by atoms with van der Waals surface area (Å²) in [7, 11) is 0. The van der Waals surface area contributed by atoms with Crippen LogP contribution in [0.2, 0.25) is 0 Å². The molecule has 2 amide bonds. The number of hydrogen-bond donors (Lipinski definition) is 1. The summed E-state index contributed by atoms with van der Waals surface area (Å²) in [6.07, 6.45) is 4.53. The van der Waals surface area contributed by atoms with Crippen molar-refractivity contribution in [1.29, 1.82) is 0 Å². The van der Waals surface area contributed by atoms with Crippen molar-refractivity contribution < 1.29 is 9.59 Å². The molecule has 3 aromatic rings. The number of carbonyl (C=O) groups excluding carboxylic acids is 2. The van der Waals surface area contributed by atoms with Gasteiger partial charge in [-0.2, -0.15) is 5.10 Å². The Morgan fingerprint density at radius 2 is 1.94 bits per heavy atom. The van der Waals surface area contributed by atoms with E-state index in [1.165, 1.54) is 0 Å². The average molecular weight is 447 g/mol. The smallest absolute Gasteiger partial charge is 0.259 e. The van der Waals surface area contributed by atoms with Crippen LogP contribution in [0.15, 0.2) is 42.6 Å². The van der Waals surface area contributed by atoms with E-state index in [0.717, 1.165) is 42.9 Å². The Balaban J connectivity index is 1.39. The number of rotatable bonds is 7. The zero-order valence-electron chi connectivity index (χ0n) is 19.4. The lowest BCUT2D eigenvalue weighted by Gasteiger charge is -2.24. The lowest BCUT2D eigenvalue weighted by atomic mass is 10.1.